The van der Waals surface area contributed by atoms with Crippen LogP contribution in [0.3, 0.4) is 0 Å². The van der Waals surface area contributed by atoms with E-state index in [1.54, 1.807) is 0 Å². The van der Waals surface area contributed by atoms with Crippen LogP contribution in [-0.4, -0.2) is 71.2 Å². The topological polar surface area (TPSA) is 81.1 Å². The maximum atomic E-state index is 12.7. The fourth-order valence-electron chi connectivity index (χ4n) is 4.04. The predicted octanol–water partition coefficient (Wildman–Crippen LogP) is -0.354. The van der Waals surface area contributed by atoms with Gasteiger partial charge in [0.2, 0.25) is 5.91 Å². The molecule has 0 radical (unpaired) electrons. The number of carbonyl (C=O) groups excluding carboxylic acids is 1. The summed E-state index contributed by atoms with van der Waals surface area (Å²) in [5, 5.41) is 18.4. The zero-order chi connectivity index (χ0) is 15.0. The van der Waals surface area contributed by atoms with Crippen molar-refractivity contribution in [2.24, 2.45) is 23.7 Å². The number of carboxylic acids is 1. The summed E-state index contributed by atoms with van der Waals surface area (Å²) >= 11 is 0. The zero-order valence-electron chi connectivity index (χ0n) is 12.0. The van der Waals surface area contributed by atoms with Crippen molar-refractivity contribution in [1.29, 1.82) is 0 Å². The van der Waals surface area contributed by atoms with Crippen LogP contribution in [0.2, 0.25) is 0 Å². The number of amides is 1. The molecule has 1 heterocycles. The van der Waals surface area contributed by atoms with Crippen LogP contribution in [0.15, 0.2) is 12.2 Å². The lowest BCUT2D eigenvalue weighted by Crippen LogP contribution is -2.52. The number of carboxylic acid groups (broad SMARTS) is 1. The molecule has 0 unspecified atom stereocenters. The molecule has 3 rings (SSSR count). The van der Waals surface area contributed by atoms with Gasteiger partial charge in [0, 0.05) is 32.7 Å². The lowest BCUT2D eigenvalue weighted by Gasteiger charge is -2.37. The van der Waals surface area contributed by atoms with Crippen molar-refractivity contribution in [1.82, 2.24) is 9.80 Å². The number of fused-ring (bicyclic) bond motifs is 2. The van der Waals surface area contributed by atoms with E-state index < -0.39 is 11.9 Å². The molecule has 21 heavy (non-hydrogen) atoms. The van der Waals surface area contributed by atoms with Gasteiger partial charge in [-0.1, -0.05) is 12.2 Å². The molecule has 1 aliphatic heterocycles. The molecule has 1 amide bonds. The van der Waals surface area contributed by atoms with Crippen LogP contribution in [0.4, 0.5) is 0 Å². The Morgan fingerprint density at radius 3 is 2.24 bits per heavy atom. The molecule has 2 bridgehead atoms. The van der Waals surface area contributed by atoms with Crippen LogP contribution in [0.1, 0.15) is 6.42 Å². The number of allylic oxidation sites excluding steroid dienone is 2. The number of β-amino-alcohol motifs (C(OH)–C–C–N with tert-alkyl or cyclic N) is 1. The molecule has 0 spiro atoms. The van der Waals surface area contributed by atoms with Gasteiger partial charge in [-0.25, -0.2) is 0 Å². The minimum absolute atomic E-state index is 0.00268. The largest absolute Gasteiger partial charge is 0.481 e. The molecule has 0 aromatic carbocycles. The molecule has 2 N–H and O–H groups in total. The van der Waals surface area contributed by atoms with Crippen molar-refractivity contribution in [2.45, 2.75) is 6.42 Å². The highest BCUT2D eigenvalue weighted by Gasteiger charge is 2.52. The fourth-order valence-corrected chi connectivity index (χ4v) is 4.04. The quantitative estimate of drug-likeness (QED) is 0.693. The summed E-state index contributed by atoms with van der Waals surface area (Å²) in [6.07, 6.45) is 4.79. The van der Waals surface area contributed by atoms with Crippen LogP contribution in [-0.2, 0) is 9.59 Å². The van der Waals surface area contributed by atoms with Crippen molar-refractivity contribution in [3.05, 3.63) is 12.2 Å². The average molecular weight is 294 g/mol. The molecule has 2 aliphatic carbocycles. The summed E-state index contributed by atoms with van der Waals surface area (Å²) in [6.45, 7) is 3.52. The van der Waals surface area contributed by atoms with E-state index in [-0.39, 0.29) is 30.3 Å². The zero-order valence-corrected chi connectivity index (χ0v) is 12.0. The van der Waals surface area contributed by atoms with Gasteiger partial charge in [0.05, 0.1) is 18.4 Å². The molecule has 1 saturated heterocycles. The van der Waals surface area contributed by atoms with Gasteiger partial charge in [0.25, 0.3) is 0 Å². The number of aliphatic carboxylic acids is 1. The molecule has 116 valence electrons. The van der Waals surface area contributed by atoms with Gasteiger partial charge in [0.1, 0.15) is 0 Å². The maximum absolute atomic E-state index is 12.7. The maximum Gasteiger partial charge on any atom is 0.307 e. The second kappa shape index (κ2) is 5.77. The Kier molecular flexibility index (Phi) is 3.99. The summed E-state index contributed by atoms with van der Waals surface area (Å²) < 4.78 is 0. The van der Waals surface area contributed by atoms with E-state index in [2.05, 4.69) is 4.90 Å². The lowest BCUT2D eigenvalue weighted by atomic mass is 9.82. The highest BCUT2D eigenvalue weighted by molar-refractivity contribution is 5.87. The third-order valence-electron chi connectivity index (χ3n) is 5.13. The number of aliphatic hydroxyl groups is 1. The Bertz CT molecular complexity index is 457. The van der Waals surface area contributed by atoms with Gasteiger partial charge >= 0.3 is 5.97 Å². The predicted molar refractivity (Wildman–Crippen MR) is 75.5 cm³/mol. The summed E-state index contributed by atoms with van der Waals surface area (Å²) in [7, 11) is 0. The summed E-state index contributed by atoms with van der Waals surface area (Å²) in [4.78, 5) is 28.1. The highest BCUT2D eigenvalue weighted by atomic mass is 16.4. The Balaban J connectivity index is 1.66. The third kappa shape index (κ3) is 2.58. The molecule has 0 aromatic heterocycles. The van der Waals surface area contributed by atoms with Crippen molar-refractivity contribution < 1.29 is 19.8 Å². The van der Waals surface area contributed by atoms with Crippen LogP contribution >= 0.6 is 0 Å². The number of nitrogens with zero attached hydrogens (tertiary/aromatic N) is 2. The molecule has 4 atom stereocenters. The van der Waals surface area contributed by atoms with Gasteiger partial charge in [-0.05, 0) is 18.3 Å². The molecular weight excluding hydrogens is 272 g/mol. The smallest absolute Gasteiger partial charge is 0.307 e. The van der Waals surface area contributed by atoms with Gasteiger partial charge in [-0.15, -0.1) is 0 Å². The number of hydrogen-bond donors (Lipinski definition) is 2. The number of piperazine rings is 1. The van der Waals surface area contributed by atoms with E-state index in [0.717, 1.165) is 19.5 Å². The molecular formula is C15H22N2O4. The van der Waals surface area contributed by atoms with Crippen LogP contribution in [0.25, 0.3) is 0 Å². The van der Waals surface area contributed by atoms with Crippen molar-refractivity contribution >= 4 is 11.9 Å². The van der Waals surface area contributed by atoms with Crippen molar-refractivity contribution in [3.63, 3.8) is 0 Å². The van der Waals surface area contributed by atoms with E-state index in [1.807, 2.05) is 17.1 Å². The van der Waals surface area contributed by atoms with E-state index in [9.17, 15) is 14.7 Å². The average Bonchev–Trinajstić information content (AvgIpc) is 3.08. The van der Waals surface area contributed by atoms with E-state index in [1.165, 1.54) is 0 Å². The number of carbonyl (C=O) groups is 2. The molecule has 3 aliphatic rings. The Morgan fingerprint density at radius 2 is 1.67 bits per heavy atom. The lowest BCUT2D eigenvalue weighted by molar-refractivity contribution is -0.151. The first-order valence-corrected chi connectivity index (χ1v) is 7.65. The molecule has 6 nitrogen and oxygen atoms in total. The standard InChI is InChI=1S/C15H22N2O4/c18-8-7-16-3-5-17(6-4-16)14(19)12-10-1-2-11(9-10)13(12)15(20)21/h1-2,10-13,18H,3-9H2,(H,20,21)/t10-,11+,12+,13-/m0/s1. The first-order valence-electron chi connectivity index (χ1n) is 7.65. The first kappa shape index (κ1) is 14.5. The van der Waals surface area contributed by atoms with E-state index >= 15 is 0 Å². The van der Waals surface area contributed by atoms with E-state index in [0.29, 0.717) is 19.6 Å². The molecule has 0 aromatic rings. The van der Waals surface area contributed by atoms with Crippen molar-refractivity contribution in [2.75, 3.05) is 39.3 Å². The second-order valence-electron chi connectivity index (χ2n) is 6.23. The van der Waals surface area contributed by atoms with Gasteiger partial charge in [-0.2, -0.15) is 0 Å². The van der Waals surface area contributed by atoms with Crippen LogP contribution in [0, 0.1) is 23.7 Å². The number of aliphatic hydroxyl groups excluding tert-OH is 1. The van der Waals surface area contributed by atoms with Gasteiger partial charge in [0.15, 0.2) is 0 Å². The Hall–Kier alpha value is -1.40. The van der Waals surface area contributed by atoms with Gasteiger partial charge < -0.3 is 15.1 Å². The second-order valence-corrected chi connectivity index (χ2v) is 6.23. The number of hydrogen-bond acceptors (Lipinski definition) is 4. The Labute approximate surface area is 124 Å². The Morgan fingerprint density at radius 1 is 1.05 bits per heavy atom. The van der Waals surface area contributed by atoms with Crippen molar-refractivity contribution in [3.8, 4) is 0 Å². The highest BCUT2D eigenvalue weighted by Crippen LogP contribution is 2.48. The van der Waals surface area contributed by atoms with Crippen LogP contribution < -0.4 is 0 Å². The van der Waals surface area contributed by atoms with Crippen LogP contribution in [0.5, 0.6) is 0 Å². The monoisotopic (exact) mass is 294 g/mol. The fraction of sp³-hybridized carbons (Fsp3) is 0.733. The summed E-state index contributed by atoms with van der Waals surface area (Å²) in [6, 6.07) is 0. The molecule has 1 saturated carbocycles. The van der Waals surface area contributed by atoms with Gasteiger partial charge in [-0.3, -0.25) is 14.5 Å². The molecule has 6 heteroatoms. The normalized spacial score (nSPS) is 35.4. The first-order chi connectivity index (χ1) is 10.1. The minimum atomic E-state index is -0.843. The molecule has 2 fully saturated rings. The van der Waals surface area contributed by atoms with E-state index in [4.69, 9.17) is 5.11 Å². The SMILES string of the molecule is O=C(O)[C@@H]1[C@H](C(=O)N2CCN(CCO)CC2)[C@H]2C=C[C@@H]1C2. The number of rotatable bonds is 4. The third-order valence-corrected chi connectivity index (χ3v) is 5.13. The summed E-state index contributed by atoms with van der Waals surface area (Å²) in [5.41, 5.74) is 0. The summed E-state index contributed by atoms with van der Waals surface area (Å²) in [5.74, 6) is -1.66. The minimum Gasteiger partial charge on any atom is -0.481 e.